The number of halogens is 1. The number of benzene rings is 2. The summed E-state index contributed by atoms with van der Waals surface area (Å²) >= 11 is 5.89. The molecule has 2 aromatic rings. The van der Waals surface area contributed by atoms with Crippen LogP contribution in [0.15, 0.2) is 42.5 Å². The molecule has 0 bridgehead atoms. The molecular formula is C19H21ClN2O4. The van der Waals surface area contributed by atoms with Gasteiger partial charge in [0.15, 0.2) is 11.5 Å². The van der Waals surface area contributed by atoms with Crippen LogP contribution in [0.3, 0.4) is 0 Å². The van der Waals surface area contributed by atoms with Crippen molar-refractivity contribution in [3.63, 3.8) is 0 Å². The number of hydrogen-bond donors (Lipinski definition) is 2. The maximum Gasteiger partial charge on any atom is 0.269 e. The lowest BCUT2D eigenvalue weighted by Crippen LogP contribution is -2.42. The molecule has 6 nitrogen and oxygen atoms in total. The lowest BCUT2D eigenvalue weighted by molar-refractivity contribution is -0.121. The Labute approximate surface area is 157 Å². The van der Waals surface area contributed by atoms with E-state index in [4.69, 9.17) is 21.1 Å². The molecule has 0 unspecified atom stereocenters. The Balaban J connectivity index is 1.93. The average molecular weight is 377 g/mol. The van der Waals surface area contributed by atoms with Crippen molar-refractivity contribution in [1.82, 2.24) is 10.9 Å². The Morgan fingerprint density at radius 1 is 1.08 bits per heavy atom. The van der Waals surface area contributed by atoms with Gasteiger partial charge in [-0.2, -0.15) is 0 Å². The van der Waals surface area contributed by atoms with E-state index < -0.39 is 5.91 Å². The lowest BCUT2D eigenvalue weighted by atomic mass is 10.1. The van der Waals surface area contributed by atoms with Gasteiger partial charge in [0.25, 0.3) is 5.91 Å². The van der Waals surface area contributed by atoms with E-state index in [0.29, 0.717) is 28.7 Å². The summed E-state index contributed by atoms with van der Waals surface area (Å²) < 4.78 is 10.8. The van der Waals surface area contributed by atoms with Gasteiger partial charge in [-0.15, -0.1) is 0 Å². The van der Waals surface area contributed by atoms with Crippen LogP contribution in [-0.2, 0) is 11.2 Å². The van der Waals surface area contributed by atoms with E-state index in [9.17, 15) is 9.59 Å². The minimum atomic E-state index is -0.454. The van der Waals surface area contributed by atoms with Gasteiger partial charge in [0, 0.05) is 10.6 Å². The number of amides is 2. The maximum atomic E-state index is 12.2. The van der Waals surface area contributed by atoms with Crippen LogP contribution < -0.4 is 20.3 Å². The normalized spacial score (nSPS) is 10.1. The lowest BCUT2D eigenvalue weighted by Gasteiger charge is -2.12. The summed E-state index contributed by atoms with van der Waals surface area (Å²) in [6.45, 7) is 2.56. The van der Waals surface area contributed by atoms with Crippen molar-refractivity contribution in [2.45, 2.75) is 19.8 Å². The zero-order valence-corrected chi connectivity index (χ0v) is 15.4. The van der Waals surface area contributed by atoms with Gasteiger partial charge in [-0.3, -0.25) is 20.4 Å². The molecule has 2 N–H and O–H groups in total. The highest BCUT2D eigenvalue weighted by Crippen LogP contribution is 2.28. The molecular weight excluding hydrogens is 356 g/mol. The summed E-state index contributed by atoms with van der Waals surface area (Å²) in [5.41, 5.74) is 5.86. The summed E-state index contributed by atoms with van der Waals surface area (Å²) in [5.74, 6) is 0.215. The molecule has 0 fully saturated rings. The van der Waals surface area contributed by atoms with Crippen molar-refractivity contribution in [2.24, 2.45) is 0 Å². The number of hydrogen-bond acceptors (Lipinski definition) is 4. The van der Waals surface area contributed by atoms with E-state index in [1.165, 1.54) is 7.11 Å². The fourth-order valence-corrected chi connectivity index (χ4v) is 2.43. The Kier molecular flexibility index (Phi) is 7.29. The van der Waals surface area contributed by atoms with Crippen molar-refractivity contribution < 1.29 is 19.1 Å². The number of hydrazine groups is 1. The first-order valence-electron chi connectivity index (χ1n) is 8.18. The Bertz CT molecular complexity index is 780. The third-order valence-electron chi connectivity index (χ3n) is 3.46. The number of nitrogens with one attached hydrogen (secondary N) is 2. The predicted molar refractivity (Wildman–Crippen MR) is 99.5 cm³/mol. The van der Waals surface area contributed by atoms with Crippen LogP contribution in [0.25, 0.3) is 0 Å². The van der Waals surface area contributed by atoms with Crippen molar-refractivity contribution in [1.29, 1.82) is 0 Å². The monoisotopic (exact) mass is 376 g/mol. The molecule has 2 aromatic carbocycles. The molecule has 0 aromatic heterocycles. The molecule has 2 rings (SSSR count). The fraction of sp³-hybridized carbons (Fsp3) is 0.263. The van der Waals surface area contributed by atoms with Crippen LogP contribution in [-0.4, -0.2) is 25.5 Å². The standard InChI is InChI=1S/C19H21ClN2O4/c1-3-9-26-16-8-7-14(12-17(16)25-2)19(24)22-21-18(23)11-13-5-4-6-15(20)10-13/h4-8,10,12H,3,9,11H2,1-2H3,(H,21,23)(H,22,24). The molecule has 0 saturated carbocycles. The average Bonchev–Trinajstić information content (AvgIpc) is 2.64. The third-order valence-corrected chi connectivity index (χ3v) is 3.69. The quantitative estimate of drug-likeness (QED) is 0.728. The van der Waals surface area contributed by atoms with Gasteiger partial charge < -0.3 is 9.47 Å². The van der Waals surface area contributed by atoms with Crippen molar-refractivity contribution in [3.05, 3.63) is 58.6 Å². The topological polar surface area (TPSA) is 76.7 Å². The Morgan fingerprint density at radius 3 is 2.58 bits per heavy atom. The molecule has 0 heterocycles. The van der Waals surface area contributed by atoms with Gasteiger partial charge in [0.1, 0.15) is 0 Å². The summed E-state index contributed by atoms with van der Waals surface area (Å²) in [6, 6.07) is 11.8. The summed E-state index contributed by atoms with van der Waals surface area (Å²) in [6.07, 6.45) is 0.970. The largest absolute Gasteiger partial charge is 0.493 e. The highest BCUT2D eigenvalue weighted by atomic mass is 35.5. The van der Waals surface area contributed by atoms with Gasteiger partial charge in [0.2, 0.25) is 5.91 Å². The molecule has 7 heteroatoms. The second kappa shape index (κ2) is 9.68. The molecule has 0 spiro atoms. The molecule has 0 atom stereocenters. The number of ether oxygens (including phenoxy) is 2. The van der Waals surface area contributed by atoms with Crippen molar-refractivity contribution in [3.8, 4) is 11.5 Å². The first-order chi connectivity index (χ1) is 12.5. The van der Waals surface area contributed by atoms with Crippen molar-refractivity contribution in [2.75, 3.05) is 13.7 Å². The Hall–Kier alpha value is -2.73. The van der Waals surface area contributed by atoms with Crippen molar-refractivity contribution >= 4 is 23.4 Å². The smallest absolute Gasteiger partial charge is 0.269 e. The molecule has 2 amide bonds. The highest BCUT2D eigenvalue weighted by Gasteiger charge is 2.12. The molecule has 0 saturated heterocycles. The predicted octanol–water partition coefficient (Wildman–Crippen LogP) is 3.14. The number of rotatable bonds is 7. The van der Waals surface area contributed by atoms with Gasteiger partial charge in [-0.1, -0.05) is 30.7 Å². The summed E-state index contributed by atoms with van der Waals surface area (Å²) in [5, 5.41) is 0.553. The number of carbonyl (C=O) groups excluding carboxylic acids is 2. The second-order valence-corrected chi connectivity index (χ2v) is 5.96. The highest BCUT2D eigenvalue weighted by molar-refractivity contribution is 6.30. The van der Waals surface area contributed by atoms with E-state index >= 15 is 0 Å². The third kappa shape index (κ3) is 5.67. The minimum Gasteiger partial charge on any atom is -0.493 e. The maximum absolute atomic E-state index is 12.2. The molecule has 0 radical (unpaired) electrons. The molecule has 0 aliphatic carbocycles. The molecule has 26 heavy (non-hydrogen) atoms. The van der Waals surface area contributed by atoms with E-state index in [0.717, 1.165) is 12.0 Å². The number of carbonyl (C=O) groups is 2. The van der Waals surface area contributed by atoms with Gasteiger partial charge in [-0.05, 0) is 42.3 Å². The van der Waals surface area contributed by atoms with Crippen LogP contribution in [0.4, 0.5) is 0 Å². The second-order valence-electron chi connectivity index (χ2n) is 5.52. The van der Waals surface area contributed by atoms with E-state index in [-0.39, 0.29) is 12.3 Å². The van der Waals surface area contributed by atoms with Crippen LogP contribution in [0.1, 0.15) is 29.3 Å². The SMILES string of the molecule is CCCOc1ccc(C(=O)NNC(=O)Cc2cccc(Cl)c2)cc1OC. The minimum absolute atomic E-state index is 0.105. The van der Waals surface area contributed by atoms with Crippen LogP contribution in [0.2, 0.25) is 5.02 Å². The van der Waals surface area contributed by atoms with Gasteiger partial charge in [0.05, 0.1) is 20.1 Å². The molecule has 0 aliphatic heterocycles. The molecule has 0 aliphatic rings. The van der Waals surface area contributed by atoms with Crippen LogP contribution in [0, 0.1) is 0 Å². The molecule has 138 valence electrons. The first kappa shape index (κ1) is 19.6. The van der Waals surface area contributed by atoms with Gasteiger partial charge >= 0.3 is 0 Å². The zero-order chi connectivity index (χ0) is 18.9. The van der Waals surface area contributed by atoms with E-state index in [2.05, 4.69) is 10.9 Å². The first-order valence-corrected chi connectivity index (χ1v) is 8.55. The van der Waals surface area contributed by atoms with Crippen LogP contribution in [0.5, 0.6) is 11.5 Å². The van der Waals surface area contributed by atoms with E-state index in [1.807, 2.05) is 6.92 Å². The van der Waals surface area contributed by atoms with Gasteiger partial charge in [-0.25, -0.2) is 0 Å². The van der Waals surface area contributed by atoms with E-state index in [1.54, 1.807) is 42.5 Å². The van der Waals surface area contributed by atoms with Crippen LogP contribution >= 0.6 is 11.6 Å². The number of methoxy groups -OCH3 is 1. The summed E-state index contributed by atoms with van der Waals surface area (Å²) in [7, 11) is 1.50. The summed E-state index contributed by atoms with van der Waals surface area (Å²) in [4.78, 5) is 24.1. The zero-order valence-electron chi connectivity index (χ0n) is 14.7. The Morgan fingerprint density at radius 2 is 1.88 bits per heavy atom. The fourth-order valence-electron chi connectivity index (χ4n) is 2.22.